The van der Waals surface area contributed by atoms with Gasteiger partial charge in [-0.05, 0) is 28.6 Å². The molecule has 0 amide bonds. The first-order valence-electron chi connectivity index (χ1n) is 7.48. The van der Waals surface area contributed by atoms with Gasteiger partial charge in [0, 0.05) is 18.4 Å². The van der Waals surface area contributed by atoms with Crippen molar-refractivity contribution in [2.75, 3.05) is 0 Å². The molecular formula is C17H13F3N4O. The maximum atomic E-state index is 12.8. The molecule has 1 aromatic heterocycles. The second-order valence-electron chi connectivity index (χ2n) is 5.34. The van der Waals surface area contributed by atoms with Crippen molar-refractivity contribution in [2.24, 2.45) is 0 Å². The predicted molar refractivity (Wildman–Crippen MR) is 83.2 cm³/mol. The molecule has 8 heteroatoms. The Morgan fingerprint density at radius 2 is 1.80 bits per heavy atom. The molecule has 25 heavy (non-hydrogen) atoms. The van der Waals surface area contributed by atoms with Crippen LogP contribution in [-0.2, 0) is 12.6 Å². The van der Waals surface area contributed by atoms with Crippen LogP contribution in [0.2, 0.25) is 0 Å². The molecule has 0 radical (unpaired) electrons. The van der Waals surface area contributed by atoms with E-state index in [9.17, 15) is 18.0 Å². The molecule has 3 aromatic rings. The maximum absolute atomic E-state index is 12.8. The van der Waals surface area contributed by atoms with Crippen LogP contribution in [-0.4, -0.2) is 26.0 Å². The lowest BCUT2D eigenvalue weighted by molar-refractivity contribution is -0.137. The summed E-state index contributed by atoms with van der Waals surface area (Å²) in [7, 11) is 0. The summed E-state index contributed by atoms with van der Waals surface area (Å²) in [6, 6.07) is 13.5. The molecule has 5 nitrogen and oxygen atoms in total. The van der Waals surface area contributed by atoms with Gasteiger partial charge >= 0.3 is 6.18 Å². The van der Waals surface area contributed by atoms with Gasteiger partial charge in [0.25, 0.3) is 0 Å². The number of carbonyl (C=O) groups excluding carboxylic acids is 1. The van der Waals surface area contributed by atoms with E-state index < -0.39 is 11.7 Å². The van der Waals surface area contributed by atoms with Crippen molar-refractivity contribution >= 4 is 5.78 Å². The second-order valence-corrected chi connectivity index (χ2v) is 5.34. The van der Waals surface area contributed by atoms with Crippen LogP contribution < -0.4 is 0 Å². The fourth-order valence-electron chi connectivity index (χ4n) is 2.37. The zero-order valence-electron chi connectivity index (χ0n) is 12.9. The van der Waals surface area contributed by atoms with E-state index in [0.717, 1.165) is 12.1 Å². The summed E-state index contributed by atoms with van der Waals surface area (Å²) in [5, 5.41) is 11.1. The summed E-state index contributed by atoms with van der Waals surface area (Å²) >= 11 is 0. The highest BCUT2D eigenvalue weighted by Gasteiger charge is 2.30. The highest BCUT2D eigenvalue weighted by molar-refractivity contribution is 5.96. The number of benzene rings is 2. The largest absolute Gasteiger partial charge is 0.416 e. The Morgan fingerprint density at radius 1 is 1.04 bits per heavy atom. The van der Waals surface area contributed by atoms with Gasteiger partial charge < -0.3 is 0 Å². The maximum Gasteiger partial charge on any atom is 0.416 e. The van der Waals surface area contributed by atoms with E-state index in [1.807, 2.05) is 6.07 Å². The number of rotatable bonds is 5. The molecule has 0 aliphatic rings. The van der Waals surface area contributed by atoms with E-state index in [2.05, 4.69) is 15.5 Å². The number of aryl methyl sites for hydroxylation is 1. The third-order valence-electron chi connectivity index (χ3n) is 3.62. The lowest BCUT2D eigenvalue weighted by atomic mass is 10.1. The van der Waals surface area contributed by atoms with Gasteiger partial charge in [0.05, 0.1) is 11.3 Å². The summed E-state index contributed by atoms with van der Waals surface area (Å²) in [6.45, 7) is 0. The zero-order valence-corrected chi connectivity index (χ0v) is 12.9. The number of carbonyl (C=O) groups is 1. The van der Waals surface area contributed by atoms with Crippen LogP contribution in [0.5, 0.6) is 0 Å². The Hall–Kier alpha value is -3.03. The molecule has 0 N–H and O–H groups in total. The number of aromatic nitrogens is 4. The Balaban J connectivity index is 1.78. The molecule has 3 rings (SSSR count). The van der Waals surface area contributed by atoms with E-state index in [0.29, 0.717) is 11.4 Å². The van der Waals surface area contributed by atoms with Gasteiger partial charge in [-0.2, -0.15) is 17.9 Å². The lowest BCUT2D eigenvalue weighted by Gasteiger charge is -2.09. The lowest BCUT2D eigenvalue weighted by Crippen LogP contribution is -2.09. The summed E-state index contributed by atoms with van der Waals surface area (Å²) < 4.78 is 39.8. The van der Waals surface area contributed by atoms with E-state index in [1.165, 1.54) is 16.8 Å². The average Bonchev–Trinajstić information content (AvgIpc) is 3.08. The van der Waals surface area contributed by atoms with Crippen molar-refractivity contribution < 1.29 is 18.0 Å². The number of nitrogens with zero attached hydrogens (tertiary/aromatic N) is 4. The average molecular weight is 346 g/mol. The predicted octanol–water partition coefficient (Wildman–Crippen LogP) is 3.50. The molecule has 0 fully saturated rings. The van der Waals surface area contributed by atoms with Gasteiger partial charge in [-0.3, -0.25) is 4.79 Å². The fraction of sp³-hybridized carbons (Fsp3) is 0.176. The molecule has 0 atom stereocenters. The van der Waals surface area contributed by atoms with Crippen LogP contribution >= 0.6 is 0 Å². The third-order valence-corrected chi connectivity index (χ3v) is 3.62. The number of hydrogen-bond donors (Lipinski definition) is 0. The minimum Gasteiger partial charge on any atom is -0.294 e. The molecule has 0 spiro atoms. The normalized spacial score (nSPS) is 11.5. The van der Waals surface area contributed by atoms with Crippen molar-refractivity contribution in [3.05, 3.63) is 71.5 Å². The Labute approximate surface area is 141 Å². The van der Waals surface area contributed by atoms with Gasteiger partial charge in [-0.1, -0.05) is 36.4 Å². The topological polar surface area (TPSA) is 60.7 Å². The molecule has 0 unspecified atom stereocenters. The number of hydrogen-bond acceptors (Lipinski definition) is 4. The van der Waals surface area contributed by atoms with E-state index in [4.69, 9.17) is 0 Å². The van der Waals surface area contributed by atoms with Crippen LogP contribution in [0.15, 0.2) is 54.6 Å². The quantitative estimate of drug-likeness (QED) is 0.664. The number of tetrazole rings is 1. The zero-order chi connectivity index (χ0) is 17.9. The Bertz CT molecular complexity index is 875. The van der Waals surface area contributed by atoms with Gasteiger partial charge in [-0.15, -0.1) is 5.10 Å². The van der Waals surface area contributed by atoms with Crippen LogP contribution in [0.1, 0.15) is 28.2 Å². The van der Waals surface area contributed by atoms with Crippen LogP contribution in [0.3, 0.4) is 0 Å². The minimum atomic E-state index is -4.45. The molecule has 0 aliphatic carbocycles. The molecule has 0 saturated heterocycles. The smallest absolute Gasteiger partial charge is 0.294 e. The number of ketones is 1. The third kappa shape index (κ3) is 3.90. The van der Waals surface area contributed by atoms with Crippen LogP contribution in [0.25, 0.3) is 5.69 Å². The van der Waals surface area contributed by atoms with E-state index >= 15 is 0 Å². The molecule has 0 bridgehead atoms. The van der Waals surface area contributed by atoms with Crippen molar-refractivity contribution in [2.45, 2.75) is 19.0 Å². The second kappa shape index (κ2) is 6.84. The number of alkyl halides is 3. The van der Waals surface area contributed by atoms with E-state index in [-0.39, 0.29) is 24.3 Å². The Kier molecular flexibility index (Phi) is 4.60. The van der Waals surface area contributed by atoms with Crippen molar-refractivity contribution in [1.82, 2.24) is 20.2 Å². The van der Waals surface area contributed by atoms with Gasteiger partial charge in [0.15, 0.2) is 11.6 Å². The molecule has 0 saturated carbocycles. The minimum absolute atomic E-state index is 0.0841. The summed E-state index contributed by atoms with van der Waals surface area (Å²) in [5.41, 5.74) is -0.0191. The van der Waals surface area contributed by atoms with Gasteiger partial charge in [0.2, 0.25) is 0 Å². The van der Waals surface area contributed by atoms with Gasteiger partial charge in [0.1, 0.15) is 0 Å². The van der Waals surface area contributed by atoms with E-state index in [1.54, 1.807) is 24.3 Å². The van der Waals surface area contributed by atoms with Crippen molar-refractivity contribution in [3.63, 3.8) is 0 Å². The van der Waals surface area contributed by atoms with Crippen molar-refractivity contribution in [3.8, 4) is 5.69 Å². The van der Waals surface area contributed by atoms with Crippen molar-refractivity contribution in [1.29, 1.82) is 0 Å². The fourth-order valence-corrected chi connectivity index (χ4v) is 2.37. The van der Waals surface area contributed by atoms with Gasteiger partial charge in [-0.25, -0.2) is 0 Å². The monoisotopic (exact) mass is 346 g/mol. The number of halogens is 3. The summed E-state index contributed by atoms with van der Waals surface area (Å²) in [4.78, 5) is 12.1. The molecule has 128 valence electrons. The first-order valence-corrected chi connectivity index (χ1v) is 7.48. The molecule has 0 aliphatic heterocycles. The highest BCUT2D eigenvalue weighted by atomic mass is 19.4. The standard InChI is InChI=1S/C17H13F3N4O/c18-17(19,20)13-7-4-8-14(11-13)24-16(21-22-23-24)10-9-15(25)12-5-2-1-3-6-12/h1-8,11H,9-10H2. The number of Topliss-reactive ketones (excluding diaryl/α,β-unsaturated/α-hetero) is 1. The summed E-state index contributed by atoms with van der Waals surface area (Å²) in [5.74, 6) is 0.239. The van der Waals surface area contributed by atoms with Crippen LogP contribution in [0, 0.1) is 0 Å². The molecule has 2 aromatic carbocycles. The van der Waals surface area contributed by atoms with Crippen LogP contribution in [0.4, 0.5) is 13.2 Å². The first kappa shape index (κ1) is 16.8. The Morgan fingerprint density at radius 3 is 2.52 bits per heavy atom. The molecule has 1 heterocycles. The summed E-state index contributed by atoms with van der Waals surface area (Å²) in [6.07, 6.45) is -4.08. The molecular weight excluding hydrogens is 333 g/mol. The highest BCUT2D eigenvalue weighted by Crippen LogP contribution is 2.30. The first-order chi connectivity index (χ1) is 11.9. The SMILES string of the molecule is O=C(CCc1nnnn1-c1cccc(C(F)(F)F)c1)c1ccccc1.